The van der Waals surface area contributed by atoms with Crippen LogP contribution in [0.25, 0.3) is 0 Å². The van der Waals surface area contributed by atoms with Crippen molar-refractivity contribution in [1.29, 1.82) is 0 Å². The van der Waals surface area contributed by atoms with Gasteiger partial charge in [0, 0.05) is 34.1 Å². The lowest BCUT2D eigenvalue weighted by Crippen LogP contribution is -2.65. The summed E-state index contributed by atoms with van der Waals surface area (Å²) in [5, 5.41) is 9.97. The topological polar surface area (TPSA) is 71.4 Å². The summed E-state index contributed by atoms with van der Waals surface area (Å²) >= 11 is 0. The highest BCUT2D eigenvalue weighted by molar-refractivity contribution is 7.84. The number of carbonyl (C=O) groups excluding carboxylic acids is 1. The number of fused-ring (bicyclic) bond motifs is 3. The van der Waals surface area contributed by atoms with Gasteiger partial charge in [-0.15, -0.1) is 0 Å². The summed E-state index contributed by atoms with van der Waals surface area (Å²) in [7, 11) is -0.937. The average Bonchev–Trinajstić information content (AvgIpc) is 2.57. The van der Waals surface area contributed by atoms with Crippen LogP contribution in [0.2, 0.25) is 0 Å². The first kappa shape index (κ1) is 18.6. The molecule has 0 aromatic rings. The zero-order chi connectivity index (χ0) is 18.9. The van der Waals surface area contributed by atoms with Gasteiger partial charge in [-0.05, 0) is 75.0 Å². The van der Waals surface area contributed by atoms with Gasteiger partial charge < -0.3 is 5.11 Å². The Bertz CT molecular complexity index is 675. The molecule has 0 amide bonds. The van der Waals surface area contributed by atoms with Gasteiger partial charge in [-0.2, -0.15) is 0 Å². The van der Waals surface area contributed by atoms with Gasteiger partial charge in [0.2, 0.25) is 0 Å². The molecule has 0 aliphatic heterocycles. The summed E-state index contributed by atoms with van der Waals surface area (Å²) in [5.41, 5.74) is -0.965. The van der Waals surface area contributed by atoms with Gasteiger partial charge >= 0.3 is 5.97 Å². The lowest BCUT2D eigenvalue weighted by molar-refractivity contribution is -0.202. The molecule has 5 aliphatic rings. The second kappa shape index (κ2) is 5.89. The van der Waals surface area contributed by atoms with Crippen LogP contribution >= 0.6 is 0 Å². The van der Waals surface area contributed by atoms with E-state index in [-0.39, 0.29) is 22.7 Å². The number of ketones is 1. The summed E-state index contributed by atoms with van der Waals surface area (Å²) in [6.45, 7) is 4.24. The van der Waals surface area contributed by atoms with Crippen molar-refractivity contribution in [3.05, 3.63) is 0 Å². The van der Waals surface area contributed by atoms with Crippen LogP contribution < -0.4 is 0 Å². The minimum absolute atomic E-state index is 0.0274. The summed E-state index contributed by atoms with van der Waals surface area (Å²) in [4.78, 5) is 25.7. The monoisotopic (exact) mass is 380 g/mol. The van der Waals surface area contributed by atoms with E-state index in [9.17, 15) is 18.9 Å². The van der Waals surface area contributed by atoms with Gasteiger partial charge in [-0.25, -0.2) is 0 Å². The van der Waals surface area contributed by atoms with Crippen molar-refractivity contribution in [2.24, 2.45) is 39.9 Å². The third-order valence-electron chi connectivity index (χ3n) is 9.12. The van der Waals surface area contributed by atoms with E-state index in [0.29, 0.717) is 23.4 Å². The van der Waals surface area contributed by atoms with Crippen molar-refractivity contribution in [2.45, 2.75) is 65.2 Å². The van der Waals surface area contributed by atoms with Crippen LogP contribution in [-0.2, 0) is 20.4 Å². The molecule has 0 aromatic carbocycles. The highest BCUT2D eigenvalue weighted by Crippen LogP contribution is 2.71. The molecule has 1 N–H and O–H groups in total. The maximum atomic E-state index is 13.5. The standard InChI is InChI=1S/C21H32O4S/c1-19-7-4-8-20(2,18(23)24)15(19)6-10-21-9-5-13(11-16(19)21)14(17(21)22)12-26(3)25/h13-16H,4-12H2,1-3H3,(H,23,24)/t13-,14+,15+,16+,19-,20-,21+,26?/m1/s1. The normalized spacial score (nSPS) is 51.4. The molecule has 0 radical (unpaired) electrons. The van der Waals surface area contributed by atoms with Gasteiger partial charge in [-0.1, -0.05) is 13.3 Å². The van der Waals surface area contributed by atoms with E-state index >= 15 is 0 Å². The van der Waals surface area contributed by atoms with Crippen molar-refractivity contribution >= 4 is 22.6 Å². The predicted octanol–water partition coefficient (Wildman–Crippen LogP) is 3.66. The average molecular weight is 381 g/mol. The van der Waals surface area contributed by atoms with Crippen LogP contribution in [0.15, 0.2) is 0 Å². The largest absolute Gasteiger partial charge is 0.481 e. The maximum Gasteiger partial charge on any atom is 0.309 e. The first-order valence-corrected chi connectivity index (χ1v) is 12.0. The number of carbonyl (C=O) groups is 2. The summed E-state index contributed by atoms with van der Waals surface area (Å²) in [6, 6.07) is 0. The summed E-state index contributed by atoms with van der Waals surface area (Å²) in [6.07, 6.45) is 9.27. The van der Waals surface area contributed by atoms with Crippen LogP contribution in [-0.4, -0.2) is 33.1 Å². The number of carboxylic acids is 1. The third-order valence-corrected chi connectivity index (χ3v) is 9.95. The third kappa shape index (κ3) is 2.28. The molecule has 5 aliphatic carbocycles. The SMILES string of the molecule is CS(=O)C[C@@H]1C(=O)[C@]23CC[C@@H]1C[C@H]2[C@]1(C)CCC[C@@](C)(C(=O)O)[C@H]1CC3. The molecule has 5 saturated carbocycles. The van der Waals surface area contributed by atoms with E-state index in [1.807, 2.05) is 6.92 Å². The number of Topliss-reactive ketones (excluding diaryl/α,β-unsaturated/α-hetero) is 1. The summed E-state index contributed by atoms with van der Waals surface area (Å²) in [5.74, 6) is 1.05. The van der Waals surface area contributed by atoms with Gasteiger partial charge in [0.1, 0.15) is 5.78 Å². The number of hydrogen-bond donors (Lipinski definition) is 1. The molecule has 5 rings (SSSR count). The first-order chi connectivity index (χ1) is 12.1. The number of hydrogen-bond acceptors (Lipinski definition) is 3. The quantitative estimate of drug-likeness (QED) is 0.811. The summed E-state index contributed by atoms with van der Waals surface area (Å²) < 4.78 is 11.8. The first-order valence-electron chi connectivity index (χ1n) is 10.2. The zero-order valence-electron chi connectivity index (χ0n) is 16.3. The highest BCUT2D eigenvalue weighted by atomic mass is 32.2. The molecule has 4 nitrogen and oxygen atoms in total. The molecule has 1 spiro atoms. The Morgan fingerprint density at radius 1 is 1.15 bits per heavy atom. The fourth-order valence-electron chi connectivity index (χ4n) is 7.93. The Morgan fingerprint density at radius 2 is 1.85 bits per heavy atom. The molecule has 5 heteroatoms. The molecular formula is C21H32O4S. The lowest BCUT2D eigenvalue weighted by Gasteiger charge is -2.67. The lowest BCUT2D eigenvalue weighted by atomic mass is 9.36. The Hall–Kier alpha value is -0.710. The van der Waals surface area contributed by atoms with E-state index in [2.05, 4.69) is 6.92 Å². The van der Waals surface area contributed by atoms with Gasteiger partial charge in [0.05, 0.1) is 5.41 Å². The van der Waals surface area contributed by atoms with E-state index in [1.165, 1.54) is 0 Å². The predicted molar refractivity (Wildman–Crippen MR) is 101 cm³/mol. The maximum absolute atomic E-state index is 13.5. The minimum atomic E-state index is -0.937. The van der Waals surface area contributed by atoms with Crippen molar-refractivity contribution in [1.82, 2.24) is 0 Å². The number of rotatable bonds is 3. The Kier molecular flexibility index (Phi) is 4.22. The Labute approximate surface area is 159 Å². The number of aliphatic carboxylic acids is 1. The molecule has 26 heavy (non-hydrogen) atoms. The van der Waals surface area contributed by atoms with Crippen LogP contribution in [0, 0.1) is 39.9 Å². The van der Waals surface area contributed by atoms with E-state index < -0.39 is 22.2 Å². The second-order valence-corrected chi connectivity index (χ2v) is 11.6. The number of carboxylic acid groups (broad SMARTS) is 1. The highest BCUT2D eigenvalue weighted by Gasteiger charge is 2.68. The minimum Gasteiger partial charge on any atom is -0.481 e. The van der Waals surface area contributed by atoms with Crippen LogP contribution in [0.1, 0.15) is 65.2 Å². The molecule has 1 unspecified atom stereocenters. The van der Waals surface area contributed by atoms with Crippen LogP contribution in [0.5, 0.6) is 0 Å². The second-order valence-electron chi connectivity index (χ2n) is 10.1. The van der Waals surface area contributed by atoms with Gasteiger partial charge in [0.25, 0.3) is 0 Å². The van der Waals surface area contributed by atoms with Gasteiger partial charge in [-0.3, -0.25) is 13.8 Å². The zero-order valence-corrected chi connectivity index (χ0v) is 17.1. The Balaban J connectivity index is 1.72. The Morgan fingerprint density at radius 3 is 2.50 bits per heavy atom. The van der Waals surface area contributed by atoms with Crippen molar-refractivity contribution in [3.8, 4) is 0 Å². The molecule has 0 saturated heterocycles. The van der Waals surface area contributed by atoms with E-state index in [0.717, 1.165) is 51.4 Å². The van der Waals surface area contributed by atoms with Crippen LogP contribution in [0.3, 0.4) is 0 Å². The molecule has 5 fully saturated rings. The fraction of sp³-hybridized carbons (Fsp3) is 0.905. The van der Waals surface area contributed by atoms with Crippen molar-refractivity contribution in [3.63, 3.8) is 0 Å². The molecule has 0 aromatic heterocycles. The molecule has 2 bridgehead atoms. The van der Waals surface area contributed by atoms with Gasteiger partial charge in [0.15, 0.2) is 0 Å². The molecule has 0 heterocycles. The molecule has 146 valence electrons. The molecular weight excluding hydrogens is 348 g/mol. The van der Waals surface area contributed by atoms with E-state index in [1.54, 1.807) is 6.26 Å². The van der Waals surface area contributed by atoms with Crippen molar-refractivity contribution in [2.75, 3.05) is 12.0 Å². The molecule has 8 atom stereocenters. The van der Waals surface area contributed by atoms with E-state index in [4.69, 9.17) is 0 Å². The van der Waals surface area contributed by atoms with Crippen LogP contribution in [0.4, 0.5) is 0 Å². The fourth-order valence-corrected chi connectivity index (χ4v) is 8.86. The van der Waals surface area contributed by atoms with Crippen molar-refractivity contribution < 1.29 is 18.9 Å². The smallest absolute Gasteiger partial charge is 0.309 e.